The van der Waals surface area contributed by atoms with Crippen molar-refractivity contribution in [3.8, 4) is 5.75 Å². The molecule has 2 aromatic carbocycles. The molecule has 1 amide bonds. The fraction of sp³-hybridized carbons (Fsp3) is 0.409. The minimum absolute atomic E-state index is 0.0315. The van der Waals surface area contributed by atoms with E-state index >= 15 is 0 Å². The van der Waals surface area contributed by atoms with E-state index < -0.39 is 9.84 Å². The topological polar surface area (TPSA) is 72.5 Å². The van der Waals surface area contributed by atoms with Crippen molar-refractivity contribution in [2.75, 3.05) is 12.9 Å². The Morgan fingerprint density at radius 2 is 1.79 bits per heavy atom. The van der Waals surface area contributed by atoms with E-state index in [1.807, 2.05) is 18.2 Å². The van der Waals surface area contributed by atoms with Crippen molar-refractivity contribution in [2.45, 2.75) is 37.1 Å². The molecule has 2 aromatic rings. The molecule has 3 rings (SSSR count). The maximum absolute atomic E-state index is 12.4. The summed E-state index contributed by atoms with van der Waals surface area (Å²) in [6.45, 7) is 2.62. The summed E-state index contributed by atoms with van der Waals surface area (Å²) in [5.74, 6) is 1.78. The lowest BCUT2D eigenvalue weighted by molar-refractivity contribution is -0.122. The molecule has 0 heterocycles. The van der Waals surface area contributed by atoms with Crippen LogP contribution in [0.3, 0.4) is 0 Å². The molecular weight excluding hydrogens is 374 g/mol. The van der Waals surface area contributed by atoms with Crippen molar-refractivity contribution in [1.82, 2.24) is 5.32 Å². The Morgan fingerprint density at radius 1 is 1.14 bits per heavy atom. The van der Waals surface area contributed by atoms with Crippen LogP contribution < -0.4 is 10.1 Å². The van der Waals surface area contributed by atoms with E-state index in [2.05, 4.69) is 24.4 Å². The summed E-state index contributed by atoms with van der Waals surface area (Å²) in [5.41, 5.74) is 1.16. The molecule has 0 aliphatic heterocycles. The number of carbonyl (C=O) groups excluding carboxylic acids is 1. The Kier molecular flexibility index (Phi) is 6.39. The summed E-state index contributed by atoms with van der Waals surface area (Å²) in [5, 5.41) is 3.19. The molecule has 1 aliphatic rings. The lowest BCUT2D eigenvalue weighted by atomic mass is 10.0. The summed E-state index contributed by atoms with van der Waals surface area (Å²) >= 11 is 0. The van der Waals surface area contributed by atoms with E-state index in [9.17, 15) is 13.2 Å². The first kappa shape index (κ1) is 20.4. The highest BCUT2D eigenvalue weighted by molar-refractivity contribution is 7.90. The number of hydrogen-bond donors (Lipinski definition) is 1. The fourth-order valence-electron chi connectivity index (χ4n) is 3.36. The molecule has 0 spiro atoms. The van der Waals surface area contributed by atoms with Gasteiger partial charge in [0.15, 0.2) is 9.84 Å². The standard InChI is InChI=1S/C22H27NO4S/c1-16-15-20(16)22(17-7-4-3-5-8-17)23-21(24)9-6-14-27-18-10-12-19(13-11-18)28(2,25)26/h3-5,7-8,10-13,16,20,22H,6,9,14-15H2,1-2H3,(H,23,24). The molecule has 1 N–H and O–H groups in total. The molecule has 5 nitrogen and oxygen atoms in total. The van der Waals surface area contributed by atoms with Gasteiger partial charge >= 0.3 is 0 Å². The van der Waals surface area contributed by atoms with Crippen LogP contribution in [0.2, 0.25) is 0 Å². The van der Waals surface area contributed by atoms with Crippen molar-refractivity contribution < 1.29 is 17.9 Å². The molecule has 6 heteroatoms. The minimum atomic E-state index is -3.20. The van der Waals surface area contributed by atoms with Gasteiger partial charge in [-0.25, -0.2) is 8.42 Å². The summed E-state index contributed by atoms with van der Waals surface area (Å²) in [6.07, 6.45) is 3.31. The predicted octanol–water partition coefficient (Wildman–Crippen LogP) is 3.76. The van der Waals surface area contributed by atoms with Crippen LogP contribution in [0, 0.1) is 11.8 Å². The molecule has 0 saturated heterocycles. The summed E-state index contributed by atoms with van der Waals surface area (Å²) in [4.78, 5) is 12.7. The zero-order valence-electron chi connectivity index (χ0n) is 16.3. The van der Waals surface area contributed by atoms with Gasteiger partial charge in [-0.05, 0) is 54.5 Å². The van der Waals surface area contributed by atoms with Gasteiger partial charge in [0.2, 0.25) is 5.91 Å². The van der Waals surface area contributed by atoms with Crippen LogP contribution in [0.4, 0.5) is 0 Å². The molecule has 0 radical (unpaired) electrons. The molecule has 1 aliphatic carbocycles. The van der Waals surface area contributed by atoms with Crippen LogP contribution in [-0.2, 0) is 14.6 Å². The largest absolute Gasteiger partial charge is 0.494 e. The van der Waals surface area contributed by atoms with E-state index in [0.29, 0.717) is 37.0 Å². The highest BCUT2D eigenvalue weighted by Crippen LogP contribution is 2.46. The van der Waals surface area contributed by atoms with E-state index in [0.717, 1.165) is 12.0 Å². The lowest BCUT2D eigenvalue weighted by Crippen LogP contribution is -2.30. The van der Waals surface area contributed by atoms with E-state index in [1.54, 1.807) is 12.1 Å². The fourth-order valence-corrected chi connectivity index (χ4v) is 4.00. The number of amides is 1. The van der Waals surface area contributed by atoms with Crippen molar-refractivity contribution in [2.24, 2.45) is 11.8 Å². The first-order valence-corrected chi connectivity index (χ1v) is 11.5. The highest BCUT2D eigenvalue weighted by Gasteiger charge is 2.40. The predicted molar refractivity (Wildman–Crippen MR) is 109 cm³/mol. The highest BCUT2D eigenvalue weighted by atomic mass is 32.2. The van der Waals surface area contributed by atoms with E-state index in [4.69, 9.17) is 4.74 Å². The SMILES string of the molecule is CC1CC1C(NC(=O)CCCOc1ccc(S(C)(=O)=O)cc1)c1ccccc1. The van der Waals surface area contributed by atoms with Gasteiger partial charge in [-0.15, -0.1) is 0 Å². The van der Waals surface area contributed by atoms with Crippen LogP contribution >= 0.6 is 0 Å². The number of nitrogens with one attached hydrogen (secondary N) is 1. The number of hydrogen-bond acceptors (Lipinski definition) is 4. The summed E-state index contributed by atoms with van der Waals surface area (Å²) in [7, 11) is -3.20. The number of rotatable bonds is 9. The van der Waals surface area contributed by atoms with Crippen molar-refractivity contribution in [3.63, 3.8) is 0 Å². The molecule has 1 fully saturated rings. The third-order valence-electron chi connectivity index (χ3n) is 5.14. The molecule has 0 bridgehead atoms. The van der Waals surface area contributed by atoms with Gasteiger partial charge in [-0.1, -0.05) is 37.3 Å². The Hall–Kier alpha value is -2.34. The molecule has 1 saturated carbocycles. The number of benzene rings is 2. The van der Waals surface area contributed by atoms with Crippen LogP contribution in [0.1, 0.15) is 37.8 Å². The zero-order valence-corrected chi connectivity index (χ0v) is 17.1. The second-order valence-corrected chi connectivity index (χ2v) is 9.54. The quantitative estimate of drug-likeness (QED) is 0.650. The van der Waals surface area contributed by atoms with Crippen LogP contribution in [0.15, 0.2) is 59.5 Å². The van der Waals surface area contributed by atoms with Gasteiger partial charge in [0.05, 0.1) is 17.5 Å². The maximum Gasteiger partial charge on any atom is 0.220 e. The number of ether oxygens (including phenoxy) is 1. The lowest BCUT2D eigenvalue weighted by Gasteiger charge is -2.19. The average molecular weight is 402 g/mol. The third kappa shape index (κ3) is 5.58. The molecule has 0 aromatic heterocycles. The maximum atomic E-state index is 12.4. The van der Waals surface area contributed by atoms with Gasteiger partial charge in [0.25, 0.3) is 0 Å². The van der Waals surface area contributed by atoms with Gasteiger partial charge in [-0.3, -0.25) is 4.79 Å². The van der Waals surface area contributed by atoms with Gasteiger partial charge in [0.1, 0.15) is 5.75 Å². The van der Waals surface area contributed by atoms with Crippen LogP contribution in [0.25, 0.3) is 0 Å². The Labute approximate surface area is 167 Å². The molecular formula is C22H27NO4S. The normalized spacial score (nSPS) is 19.6. The van der Waals surface area contributed by atoms with Crippen LogP contribution in [-0.4, -0.2) is 27.2 Å². The van der Waals surface area contributed by atoms with Crippen molar-refractivity contribution in [1.29, 1.82) is 0 Å². The van der Waals surface area contributed by atoms with Gasteiger partial charge < -0.3 is 10.1 Å². The molecule has 3 unspecified atom stereocenters. The second kappa shape index (κ2) is 8.78. The smallest absolute Gasteiger partial charge is 0.220 e. The second-order valence-electron chi connectivity index (χ2n) is 7.53. The third-order valence-corrected chi connectivity index (χ3v) is 6.27. The van der Waals surface area contributed by atoms with Crippen molar-refractivity contribution >= 4 is 15.7 Å². The Morgan fingerprint density at radius 3 is 2.36 bits per heavy atom. The number of carbonyl (C=O) groups is 1. The zero-order chi connectivity index (χ0) is 20.1. The van der Waals surface area contributed by atoms with Gasteiger partial charge in [-0.2, -0.15) is 0 Å². The van der Waals surface area contributed by atoms with Crippen LogP contribution in [0.5, 0.6) is 5.75 Å². The molecule has 28 heavy (non-hydrogen) atoms. The van der Waals surface area contributed by atoms with E-state index in [1.165, 1.54) is 18.4 Å². The number of sulfone groups is 1. The summed E-state index contributed by atoms with van der Waals surface area (Å²) < 4.78 is 28.5. The first-order valence-electron chi connectivity index (χ1n) is 9.62. The van der Waals surface area contributed by atoms with E-state index in [-0.39, 0.29) is 16.8 Å². The molecule has 3 atom stereocenters. The monoisotopic (exact) mass is 401 g/mol. The van der Waals surface area contributed by atoms with Crippen molar-refractivity contribution in [3.05, 3.63) is 60.2 Å². The minimum Gasteiger partial charge on any atom is -0.494 e. The Balaban J connectivity index is 1.45. The van der Waals surface area contributed by atoms with Gasteiger partial charge in [0, 0.05) is 12.7 Å². The molecule has 150 valence electrons. The first-order chi connectivity index (χ1) is 13.3. The summed E-state index contributed by atoms with van der Waals surface area (Å²) in [6, 6.07) is 16.5. The average Bonchev–Trinajstić information content (AvgIpc) is 3.40. The Bertz CT molecular complexity index is 894.